The second-order valence-electron chi connectivity index (χ2n) is 5.30. The van der Waals surface area contributed by atoms with Crippen molar-refractivity contribution in [2.75, 3.05) is 13.1 Å². The largest absolute Gasteiger partial charge is 0.316 e. The van der Waals surface area contributed by atoms with Crippen LogP contribution in [0.4, 0.5) is 0 Å². The molecule has 0 saturated carbocycles. The van der Waals surface area contributed by atoms with Crippen molar-refractivity contribution < 1.29 is 0 Å². The van der Waals surface area contributed by atoms with Crippen LogP contribution in [0, 0.1) is 17.3 Å². The fourth-order valence-corrected chi connectivity index (χ4v) is 2.69. The predicted molar refractivity (Wildman–Crippen MR) is 59.1 cm³/mol. The zero-order valence-electron chi connectivity index (χ0n) is 9.27. The highest BCUT2D eigenvalue weighted by Gasteiger charge is 2.30. The topological polar surface area (TPSA) is 12.0 Å². The minimum atomic E-state index is 0.483. The van der Waals surface area contributed by atoms with Gasteiger partial charge in [-0.1, -0.05) is 33.0 Å². The molecule has 0 spiro atoms. The van der Waals surface area contributed by atoms with Gasteiger partial charge in [0.05, 0.1) is 7.85 Å². The second kappa shape index (κ2) is 4.50. The number of nitrogens with one attached hydrogen (secondary N) is 1. The third-order valence-electron chi connectivity index (χ3n) is 3.13. The monoisotopic (exact) mass is 179 g/mol. The number of rotatable bonds is 3. The van der Waals surface area contributed by atoms with Crippen LogP contribution < -0.4 is 5.32 Å². The molecule has 3 atom stereocenters. The van der Waals surface area contributed by atoms with Gasteiger partial charge in [-0.25, -0.2) is 0 Å². The van der Waals surface area contributed by atoms with E-state index in [1.165, 1.54) is 25.9 Å². The Morgan fingerprint density at radius 1 is 1.62 bits per heavy atom. The zero-order valence-corrected chi connectivity index (χ0v) is 9.27. The van der Waals surface area contributed by atoms with Crippen molar-refractivity contribution in [3.8, 4) is 0 Å². The molecule has 1 aliphatic heterocycles. The molecule has 0 aromatic heterocycles. The van der Waals surface area contributed by atoms with Crippen molar-refractivity contribution in [2.24, 2.45) is 17.3 Å². The van der Waals surface area contributed by atoms with Crippen molar-refractivity contribution in [1.29, 1.82) is 0 Å². The van der Waals surface area contributed by atoms with Crippen molar-refractivity contribution >= 4 is 7.85 Å². The SMILES string of the molecule is [B]CC(C)CC1(C)CNCC(C)C1. The average molecular weight is 179 g/mol. The van der Waals surface area contributed by atoms with Gasteiger partial charge in [-0.15, -0.1) is 0 Å². The van der Waals surface area contributed by atoms with Crippen molar-refractivity contribution in [2.45, 2.75) is 39.9 Å². The smallest absolute Gasteiger partial charge is 0.0656 e. The van der Waals surface area contributed by atoms with Crippen LogP contribution in [-0.4, -0.2) is 20.9 Å². The summed E-state index contributed by atoms with van der Waals surface area (Å²) in [5.41, 5.74) is 0.483. The van der Waals surface area contributed by atoms with E-state index in [4.69, 9.17) is 7.85 Å². The highest BCUT2D eigenvalue weighted by Crippen LogP contribution is 2.35. The Hall–Kier alpha value is 0.0249. The quantitative estimate of drug-likeness (QED) is 0.655. The Bertz CT molecular complexity index is 160. The molecule has 13 heavy (non-hydrogen) atoms. The predicted octanol–water partition coefficient (Wildman–Crippen LogP) is 2.24. The van der Waals surface area contributed by atoms with Crippen LogP contribution in [0.1, 0.15) is 33.6 Å². The van der Waals surface area contributed by atoms with E-state index in [0.717, 1.165) is 12.2 Å². The van der Waals surface area contributed by atoms with Gasteiger partial charge in [0.2, 0.25) is 0 Å². The van der Waals surface area contributed by atoms with E-state index in [2.05, 4.69) is 26.1 Å². The fourth-order valence-electron chi connectivity index (χ4n) is 2.69. The lowest BCUT2D eigenvalue weighted by atomic mass is 9.71. The van der Waals surface area contributed by atoms with Gasteiger partial charge in [0.1, 0.15) is 0 Å². The van der Waals surface area contributed by atoms with Gasteiger partial charge < -0.3 is 5.32 Å². The summed E-state index contributed by atoms with van der Waals surface area (Å²) in [5.74, 6) is 1.49. The van der Waals surface area contributed by atoms with Gasteiger partial charge >= 0.3 is 0 Å². The molecule has 2 radical (unpaired) electrons. The summed E-state index contributed by atoms with van der Waals surface area (Å²) in [5, 5.41) is 3.51. The highest BCUT2D eigenvalue weighted by atomic mass is 14.9. The molecule has 0 amide bonds. The molecule has 1 saturated heterocycles. The van der Waals surface area contributed by atoms with Crippen LogP contribution >= 0.6 is 0 Å². The first kappa shape index (κ1) is 11.1. The molecule has 1 N–H and O–H groups in total. The normalized spacial score (nSPS) is 37.3. The second-order valence-corrected chi connectivity index (χ2v) is 5.30. The molecule has 1 fully saturated rings. The van der Waals surface area contributed by atoms with Gasteiger partial charge in [0.25, 0.3) is 0 Å². The maximum Gasteiger partial charge on any atom is 0.0656 e. The van der Waals surface area contributed by atoms with E-state index in [1.54, 1.807) is 0 Å². The molecule has 0 aliphatic carbocycles. The maximum absolute atomic E-state index is 5.66. The molecule has 0 bridgehead atoms. The zero-order chi connectivity index (χ0) is 9.90. The molecule has 0 aromatic carbocycles. The molecule has 1 aliphatic rings. The first-order chi connectivity index (χ1) is 6.06. The van der Waals surface area contributed by atoms with Gasteiger partial charge in [0, 0.05) is 6.54 Å². The Kier molecular flexibility index (Phi) is 3.84. The summed E-state index contributed by atoms with van der Waals surface area (Å²) in [6.07, 6.45) is 3.44. The van der Waals surface area contributed by atoms with Gasteiger partial charge in [-0.3, -0.25) is 0 Å². The van der Waals surface area contributed by atoms with Crippen molar-refractivity contribution in [3.05, 3.63) is 0 Å². The molecule has 2 heteroatoms. The molecule has 3 unspecified atom stereocenters. The average Bonchev–Trinajstić information content (AvgIpc) is 2.02. The number of hydrogen-bond acceptors (Lipinski definition) is 1. The first-order valence-corrected chi connectivity index (χ1v) is 5.46. The lowest BCUT2D eigenvalue weighted by Crippen LogP contribution is -2.42. The maximum atomic E-state index is 5.66. The fraction of sp³-hybridized carbons (Fsp3) is 1.00. The summed E-state index contributed by atoms with van der Waals surface area (Å²) in [6, 6.07) is 0. The number of piperidine rings is 1. The van der Waals surface area contributed by atoms with Crippen LogP contribution in [0.15, 0.2) is 0 Å². The first-order valence-electron chi connectivity index (χ1n) is 5.46. The summed E-state index contributed by atoms with van der Waals surface area (Å²) in [6.45, 7) is 9.33. The van der Waals surface area contributed by atoms with Crippen LogP contribution in [0.5, 0.6) is 0 Å². The molecule has 0 aromatic rings. The van der Waals surface area contributed by atoms with Crippen molar-refractivity contribution in [1.82, 2.24) is 5.32 Å². The van der Waals surface area contributed by atoms with E-state index >= 15 is 0 Å². The lowest BCUT2D eigenvalue weighted by molar-refractivity contribution is 0.155. The standard InChI is InChI=1S/C11H22BN/c1-9(6-12)4-11(3)5-10(2)7-13-8-11/h9-10,13H,4-8H2,1-3H3. The summed E-state index contributed by atoms with van der Waals surface area (Å²) < 4.78 is 0. The highest BCUT2D eigenvalue weighted by molar-refractivity contribution is 6.08. The van der Waals surface area contributed by atoms with Gasteiger partial charge in [0.15, 0.2) is 0 Å². The van der Waals surface area contributed by atoms with E-state index in [9.17, 15) is 0 Å². The molecular formula is C11H22BN. The Labute approximate surface area is 84.1 Å². The Morgan fingerprint density at radius 3 is 2.85 bits per heavy atom. The summed E-state index contributed by atoms with van der Waals surface area (Å²) in [4.78, 5) is 0. The molecule has 1 rings (SSSR count). The summed E-state index contributed by atoms with van der Waals surface area (Å²) in [7, 11) is 5.66. The van der Waals surface area contributed by atoms with E-state index in [0.29, 0.717) is 11.3 Å². The third kappa shape index (κ3) is 3.34. The molecular weight excluding hydrogens is 157 g/mol. The van der Waals surface area contributed by atoms with Gasteiger partial charge in [-0.05, 0) is 30.7 Å². The van der Waals surface area contributed by atoms with Gasteiger partial charge in [-0.2, -0.15) is 0 Å². The van der Waals surface area contributed by atoms with Crippen molar-refractivity contribution in [3.63, 3.8) is 0 Å². The Balaban J connectivity index is 2.44. The molecule has 74 valence electrons. The van der Waals surface area contributed by atoms with Crippen LogP contribution in [0.25, 0.3) is 0 Å². The van der Waals surface area contributed by atoms with Crippen LogP contribution in [0.3, 0.4) is 0 Å². The summed E-state index contributed by atoms with van der Waals surface area (Å²) >= 11 is 0. The van der Waals surface area contributed by atoms with E-state index in [1.807, 2.05) is 0 Å². The minimum absolute atomic E-state index is 0.483. The third-order valence-corrected chi connectivity index (χ3v) is 3.13. The van der Waals surface area contributed by atoms with Crippen LogP contribution in [0.2, 0.25) is 6.32 Å². The number of hydrogen-bond donors (Lipinski definition) is 1. The lowest BCUT2D eigenvalue weighted by Gasteiger charge is -2.39. The minimum Gasteiger partial charge on any atom is -0.316 e. The van der Waals surface area contributed by atoms with Crippen LogP contribution in [-0.2, 0) is 0 Å². The van der Waals surface area contributed by atoms with E-state index < -0.39 is 0 Å². The van der Waals surface area contributed by atoms with E-state index in [-0.39, 0.29) is 0 Å². The Morgan fingerprint density at radius 2 is 2.31 bits per heavy atom. The molecule has 1 heterocycles. The molecule has 1 nitrogen and oxygen atoms in total.